The van der Waals surface area contributed by atoms with Gasteiger partial charge in [0.25, 0.3) is 5.91 Å². The smallest absolute Gasteiger partial charge is 0.311 e. The Morgan fingerprint density at radius 1 is 1.50 bits per heavy atom. The van der Waals surface area contributed by atoms with Gasteiger partial charge in [0, 0.05) is 6.04 Å². The van der Waals surface area contributed by atoms with Crippen molar-refractivity contribution in [2.24, 2.45) is 5.41 Å². The van der Waals surface area contributed by atoms with Gasteiger partial charge in [-0.1, -0.05) is 24.4 Å². The van der Waals surface area contributed by atoms with Crippen molar-refractivity contribution in [2.75, 3.05) is 0 Å². The van der Waals surface area contributed by atoms with Crippen molar-refractivity contribution >= 4 is 34.8 Å². The number of carboxylic acids is 1. The molecule has 1 aliphatic carbocycles. The second-order valence-corrected chi connectivity index (χ2v) is 6.81. The van der Waals surface area contributed by atoms with Crippen molar-refractivity contribution < 1.29 is 14.7 Å². The molecule has 1 aliphatic rings. The highest BCUT2D eigenvalue weighted by atomic mass is 35.5. The summed E-state index contributed by atoms with van der Waals surface area (Å²) in [5.74, 6) is -1.12. The number of nitrogens with one attached hydrogen (secondary N) is 1. The number of thiophene rings is 1. The van der Waals surface area contributed by atoms with Crippen LogP contribution in [0.3, 0.4) is 0 Å². The molecule has 0 aromatic carbocycles. The van der Waals surface area contributed by atoms with Gasteiger partial charge in [0.05, 0.1) is 10.4 Å². The van der Waals surface area contributed by atoms with E-state index >= 15 is 0 Å². The van der Waals surface area contributed by atoms with Gasteiger partial charge in [-0.15, -0.1) is 11.3 Å². The fourth-order valence-corrected chi connectivity index (χ4v) is 3.81. The zero-order chi connectivity index (χ0) is 14.9. The first-order chi connectivity index (χ1) is 9.36. The van der Waals surface area contributed by atoms with Crippen LogP contribution in [-0.4, -0.2) is 23.0 Å². The number of aliphatic carboxylic acids is 1. The molecule has 2 unspecified atom stereocenters. The maximum atomic E-state index is 12.3. The van der Waals surface area contributed by atoms with Gasteiger partial charge in [-0.2, -0.15) is 0 Å². The van der Waals surface area contributed by atoms with Gasteiger partial charge in [-0.3, -0.25) is 9.59 Å². The lowest BCUT2D eigenvalue weighted by molar-refractivity contribution is -0.151. The van der Waals surface area contributed by atoms with Crippen LogP contribution in [0, 0.1) is 12.3 Å². The predicted octanol–water partition coefficient (Wildman–Crippen LogP) is 3.47. The summed E-state index contributed by atoms with van der Waals surface area (Å²) in [7, 11) is 0. The van der Waals surface area contributed by atoms with E-state index in [2.05, 4.69) is 5.32 Å². The third-order valence-corrected chi connectivity index (χ3v) is 5.80. The minimum absolute atomic E-state index is 0.271. The molecule has 110 valence electrons. The van der Waals surface area contributed by atoms with E-state index in [1.54, 1.807) is 6.92 Å². The summed E-state index contributed by atoms with van der Waals surface area (Å²) in [6, 6.07) is -0.347. The molecule has 0 radical (unpaired) electrons. The minimum Gasteiger partial charge on any atom is -0.481 e. The van der Waals surface area contributed by atoms with Gasteiger partial charge in [0.1, 0.15) is 4.88 Å². The van der Waals surface area contributed by atoms with E-state index in [4.69, 9.17) is 11.6 Å². The Labute approximate surface area is 127 Å². The zero-order valence-electron chi connectivity index (χ0n) is 11.5. The number of rotatable bonds is 3. The van der Waals surface area contributed by atoms with Gasteiger partial charge in [0.15, 0.2) is 0 Å². The first-order valence-corrected chi connectivity index (χ1v) is 7.90. The van der Waals surface area contributed by atoms with E-state index in [9.17, 15) is 14.7 Å². The van der Waals surface area contributed by atoms with Gasteiger partial charge in [0.2, 0.25) is 0 Å². The van der Waals surface area contributed by atoms with E-state index in [0.29, 0.717) is 22.7 Å². The van der Waals surface area contributed by atoms with Crippen LogP contribution in [0.15, 0.2) is 5.38 Å². The molecule has 1 fully saturated rings. The van der Waals surface area contributed by atoms with Crippen LogP contribution in [0.1, 0.15) is 47.8 Å². The van der Waals surface area contributed by atoms with Gasteiger partial charge in [-0.25, -0.2) is 0 Å². The first-order valence-electron chi connectivity index (χ1n) is 6.64. The molecule has 1 amide bonds. The van der Waals surface area contributed by atoms with Gasteiger partial charge >= 0.3 is 5.97 Å². The van der Waals surface area contributed by atoms with E-state index in [1.165, 1.54) is 11.3 Å². The Kier molecular flexibility index (Phi) is 4.39. The van der Waals surface area contributed by atoms with E-state index in [1.807, 2.05) is 12.3 Å². The van der Waals surface area contributed by atoms with Crippen molar-refractivity contribution in [1.29, 1.82) is 0 Å². The van der Waals surface area contributed by atoms with Crippen molar-refractivity contribution in [3.63, 3.8) is 0 Å². The van der Waals surface area contributed by atoms with E-state index in [-0.39, 0.29) is 11.9 Å². The summed E-state index contributed by atoms with van der Waals surface area (Å²) in [5, 5.41) is 14.6. The lowest BCUT2D eigenvalue weighted by atomic mass is 9.71. The highest BCUT2D eigenvalue weighted by molar-refractivity contribution is 7.13. The van der Waals surface area contributed by atoms with Gasteiger partial charge < -0.3 is 10.4 Å². The summed E-state index contributed by atoms with van der Waals surface area (Å²) >= 11 is 7.38. The number of hydrogen-bond donors (Lipinski definition) is 2. The van der Waals surface area contributed by atoms with E-state index in [0.717, 1.165) is 18.4 Å². The number of hydrogen-bond acceptors (Lipinski definition) is 3. The summed E-state index contributed by atoms with van der Waals surface area (Å²) in [5.41, 5.74) is -0.0291. The molecule has 20 heavy (non-hydrogen) atoms. The van der Waals surface area contributed by atoms with Crippen LogP contribution in [0.5, 0.6) is 0 Å². The lowest BCUT2D eigenvalue weighted by Gasteiger charge is -2.38. The van der Waals surface area contributed by atoms with Crippen molar-refractivity contribution in [1.82, 2.24) is 5.32 Å². The molecule has 2 N–H and O–H groups in total. The second kappa shape index (κ2) is 5.74. The van der Waals surface area contributed by atoms with Crippen LogP contribution >= 0.6 is 22.9 Å². The van der Waals surface area contributed by atoms with E-state index < -0.39 is 11.4 Å². The molecule has 0 bridgehead atoms. The number of carbonyl (C=O) groups is 2. The number of halogens is 1. The Bertz CT molecular complexity index is 543. The van der Waals surface area contributed by atoms with Crippen LogP contribution in [0.25, 0.3) is 0 Å². The quantitative estimate of drug-likeness (QED) is 0.897. The Morgan fingerprint density at radius 2 is 2.20 bits per heavy atom. The lowest BCUT2D eigenvalue weighted by Crippen LogP contribution is -2.52. The molecule has 0 aliphatic heterocycles. The second-order valence-electron chi connectivity index (χ2n) is 5.56. The molecule has 2 atom stereocenters. The average molecular weight is 316 g/mol. The summed E-state index contributed by atoms with van der Waals surface area (Å²) < 4.78 is 0. The Hall–Kier alpha value is -1.07. The molecule has 1 saturated carbocycles. The SMILES string of the molecule is Cc1csc(C(=O)NC2CCCCC2(C)C(=O)O)c1Cl. The van der Waals surface area contributed by atoms with Crippen LogP contribution in [0.4, 0.5) is 0 Å². The molecule has 1 heterocycles. The topological polar surface area (TPSA) is 66.4 Å². The fraction of sp³-hybridized carbons (Fsp3) is 0.571. The maximum absolute atomic E-state index is 12.3. The largest absolute Gasteiger partial charge is 0.481 e. The third-order valence-electron chi connectivity index (χ3n) is 4.11. The highest BCUT2D eigenvalue weighted by Gasteiger charge is 2.44. The zero-order valence-corrected chi connectivity index (χ0v) is 13.1. The number of carbonyl (C=O) groups excluding carboxylic acids is 1. The van der Waals surface area contributed by atoms with Crippen molar-refractivity contribution in [2.45, 2.75) is 45.6 Å². The molecule has 0 spiro atoms. The standard InChI is InChI=1S/C14H18ClNO3S/c1-8-7-20-11(10(8)15)12(17)16-9-5-3-4-6-14(9,2)13(18)19/h7,9H,3-6H2,1-2H3,(H,16,17)(H,18,19). The van der Waals surface area contributed by atoms with Crippen molar-refractivity contribution in [3.8, 4) is 0 Å². The third kappa shape index (κ3) is 2.69. The molecular formula is C14H18ClNO3S. The van der Waals surface area contributed by atoms with Crippen molar-refractivity contribution in [3.05, 3.63) is 20.8 Å². The molecule has 2 rings (SSSR count). The average Bonchev–Trinajstić information content (AvgIpc) is 2.73. The molecular weight excluding hydrogens is 298 g/mol. The monoisotopic (exact) mass is 315 g/mol. The highest BCUT2D eigenvalue weighted by Crippen LogP contribution is 2.37. The van der Waals surface area contributed by atoms with Gasteiger partial charge in [-0.05, 0) is 37.6 Å². The summed E-state index contributed by atoms with van der Waals surface area (Å²) in [4.78, 5) is 24.2. The van der Waals surface area contributed by atoms with Crippen LogP contribution < -0.4 is 5.32 Å². The normalized spacial score (nSPS) is 26.2. The summed E-state index contributed by atoms with van der Waals surface area (Å²) in [6.07, 6.45) is 3.10. The molecule has 4 nitrogen and oxygen atoms in total. The first kappa shape index (κ1) is 15.3. The number of amides is 1. The molecule has 1 aromatic rings. The molecule has 6 heteroatoms. The molecule has 0 saturated heterocycles. The number of aryl methyl sites for hydroxylation is 1. The summed E-state index contributed by atoms with van der Waals surface area (Å²) in [6.45, 7) is 3.55. The minimum atomic E-state index is -0.896. The van der Waals surface area contributed by atoms with Crippen LogP contribution in [0.2, 0.25) is 5.02 Å². The molecule has 1 aromatic heterocycles. The predicted molar refractivity (Wildman–Crippen MR) is 79.5 cm³/mol. The Balaban J connectivity index is 2.17. The van der Waals surface area contributed by atoms with Crippen LogP contribution in [-0.2, 0) is 4.79 Å². The number of carboxylic acid groups (broad SMARTS) is 1. The maximum Gasteiger partial charge on any atom is 0.311 e. The fourth-order valence-electron chi connectivity index (χ4n) is 2.63. The Morgan fingerprint density at radius 3 is 2.75 bits per heavy atom.